The number of hydrogen-bond donors (Lipinski definition) is 2. The molecule has 0 spiro atoms. The Bertz CT molecular complexity index is 427. The Kier molecular flexibility index (Phi) is 5.44. The first-order valence-corrected chi connectivity index (χ1v) is 7.89. The van der Waals surface area contributed by atoms with Crippen LogP contribution in [0.25, 0.3) is 0 Å². The first kappa shape index (κ1) is 15.3. The molecule has 2 unspecified atom stereocenters. The van der Waals surface area contributed by atoms with E-state index in [0.717, 1.165) is 31.6 Å². The summed E-state index contributed by atoms with van der Waals surface area (Å²) in [7, 11) is 0. The number of hydrogen-bond acceptors (Lipinski definition) is 3. The average molecular weight is 276 g/mol. The van der Waals surface area contributed by atoms with Crippen molar-refractivity contribution >= 4 is 0 Å². The molecule has 1 aromatic carbocycles. The predicted molar refractivity (Wildman–Crippen MR) is 84.1 cm³/mol. The number of phenolic OH excluding ortho intramolecular Hbond substituents is 1. The van der Waals surface area contributed by atoms with Crippen LogP contribution in [0.2, 0.25) is 0 Å². The van der Waals surface area contributed by atoms with Crippen LogP contribution < -0.4 is 5.32 Å². The standard InChI is InChI=1S/C17H28N2O/c1-4-10-19(15-6-5-9-18-12-15)14(3)16-11-13(2)7-8-17(16)20/h7-8,11,14-15,18,20H,4-6,9-10,12H2,1-3H3. The highest BCUT2D eigenvalue weighted by atomic mass is 16.3. The van der Waals surface area contributed by atoms with Crippen molar-refractivity contribution in [2.45, 2.75) is 52.1 Å². The Morgan fingerprint density at radius 2 is 2.25 bits per heavy atom. The Morgan fingerprint density at radius 3 is 2.90 bits per heavy atom. The van der Waals surface area contributed by atoms with Crippen molar-refractivity contribution in [3.05, 3.63) is 29.3 Å². The Morgan fingerprint density at radius 1 is 1.45 bits per heavy atom. The molecule has 0 bridgehead atoms. The van der Waals surface area contributed by atoms with Crippen LogP contribution in [0.4, 0.5) is 0 Å². The Labute approximate surface area is 123 Å². The first-order valence-electron chi connectivity index (χ1n) is 7.89. The lowest BCUT2D eigenvalue weighted by Gasteiger charge is -2.39. The highest BCUT2D eigenvalue weighted by Gasteiger charge is 2.26. The number of aryl methyl sites for hydroxylation is 1. The zero-order valence-corrected chi connectivity index (χ0v) is 13.0. The molecule has 2 atom stereocenters. The molecule has 0 aliphatic carbocycles. The third kappa shape index (κ3) is 3.53. The summed E-state index contributed by atoms with van der Waals surface area (Å²) in [5, 5.41) is 13.7. The lowest BCUT2D eigenvalue weighted by Crippen LogP contribution is -2.47. The van der Waals surface area contributed by atoms with E-state index in [4.69, 9.17) is 0 Å². The van der Waals surface area contributed by atoms with Gasteiger partial charge in [0.05, 0.1) is 0 Å². The van der Waals surface area contributed by atoms with Gasteiger partial charge in [0.15, 0.2) is 0 Å². The predicted octanol–water partition coefficient (Wildman–Crippen LogP) is 3.23. The maximum absolute atomic E-state index is 10.2. The van der Waals surface area contributed by atoms with Gasteiger partial charge >= 0.3 is 0 Å². The van der Waals surface area contributed by atoms with Gasteiger partial charge in [0.2, 0.25) is 0 Å². The minimum absolute atomic E-state index is 0.264. The molecule has 112 valence electrons. The molecule has 1 aliphatic rings. The zero-order valence-electron chi connectivity index (χ0n) is 13.0. The van der Waals surface area contributed by atoms with Gasteiger partial charge in [0.25, 0.3) is 0 Å². The van der Waals surface area contributed by atoms with E-state index in [1.807, 2.05) is 12.1 Å². The highest BCUT2D eigenvalue weighted by Crippen LogP contribution is 2.31. The molecule has 2 N–H and O–H groups in total. The summed E-state index contributed by atoms with van der Waals surface area (Å²) < 4.78 is 0. The fourth-order valence-electron chi connectivity index (χ4n) is 3.25. The average Bonchev–Trinajstić information content (AvgIpc) is 2.47. The van der Waals surface area contributed by atoms with Gasteiger partial charge in [-0.1, -0.05) is 24.6 Å². The van der Waals surface area contributed by atoms with Crippen molar-refractivity contribution < 1.29 is 5.11 Å². The van der Waals surface area contributed by atoms with Crippen LogP contribution in [-0.2, 0) is 0 Å². The smallest absolute Gasteiger partial charge is 0.120 e. The van der Waals surface area contributed by atoms with Gasteiger partial charge in [0.1, 0.15) is 5.75 Å². The summed E-state index contributed by atoms with van der Waals surface area (Å²) in [5.41, 5.74) is 2.27. The van der Waals surface area contributed by atoms with Gasteiger partial charge in [-0.25, -0.2) is 0 Å². The third-order valence-electron chi connectivity index (χ3n) is 4.35. The monoisotopic (exact) mass is 276 g/mol. The SMILES string of the molecule is CCCN(C1CCCNC1)C(C)c1cc(C)ccc1O. The minimum Gasteiger partial charge on any atom is -0.508 e. The molecule has 1 heterocycles. The molecule has 20 heavy (non-hydrogen) atoms. The van der Waals surface area contributed by atoms with Crippen LogP contribution in [0.15, 0.2) is 18.2 Å². The second-order valence-electron chi connectivity index (χ2n) is 5.98. The first-order chi connectivity index (χ1) is 9.63. The number of piperidine rings is 1. The molecule has 1 aliphatic heterocycles. The lowest BCUT2D eigenvalue weighted by molar-refractivity contribution is 0.119. The molecule has 2 rings (SSSR count). The fourth-order valence-corrected chi connectivity index (χ4v) is 3.25. The van der Waals surface area contributed by atoms with E-state index >= 15 is 0 Å². The zero-order chi connectivity index (χ0) is 14.5. The number of aromatic hydroxyl groups is 1. The molecule has 1 saturated heterocycles. The largest absolute Gasteiger partial charge is 0.508 e. The molecular formula is C17H28N2O. The van der Waals surface area contributed by atoms with Crippen LogP contribution >= 0.6 is 0 Å². The minimum atomic E-state index is 0.264. The summed E-state index contributed by atoms with van der Waals surface area (Å²) in [6.07, 6.45) is 3.65. The third-order valence-corrected chi connectivity index (χ3v) is 4.35. The van der Waals surface area contributed by atoms with Crippen LogP contribution in [-0.4, -0.2) is 35.7 Å². The second kappa shape index (κ2) is 7.09. The molecule has 1 aromatic rings. The summed E-state index contributed by atoms with van der Waals surface area (Å²) in [6, 6.07) is 6.76. The summed E-state index contributed by atoms with van der Waals surface area (Å²) in [4.78, 5) is 2.56. The summed E-state index contributed by atoms with van der Waals surface area (Å²) in [6.45, 7) is 9.82. The van der Waals surface area contributed by atoms with Crippen molar-refractivity contribution in [3.8, 4) is 5.75 Å². The Balaban J connectivity index is 2.20. The van der Waals surface area contributed by atoms with Crippen LogP contribution in [0.5, 0.6) is 5.75 Å². The number of phenols is 1. The van der Waals surface area contributed by atoms with Crippen molar-refractivity contribution in [1.82, 2.24) is 10.2 Å². The fraction of sp³-hybridized carbons (Fsp3) is 0.647. The lowest BCUT2D eigenvalue weighted by atomic mass is 9.98. The van der Waals surface area contributed by atoms with E-state index in [0.29, 0.717) is 11.8 Å². The second-order valence-corrected chi connectivity index (χ2v) is 5.98. The van der Waals surface area contributed by atoms with Gasteiger partial charge in [-0.15, -0.1) is 0 Å². The Hall–Kier alpha value is -1.06. The molecule has 1 fully saturated rings. The van der Waals surface area contributed by atoms with Crippen molar-refractivity contribution in [1.29, 1.82) is 0 Å². The van der Waals surface area contributed by atoms with E-state index in [2.05, 4.69) is 37.1 Å². The molecular weight excluding hydrogens is 248 g/mol. The van der Waals surface area contributed by atoms with Crippen LogP contribution in [0.3, 0.4) is 0 Å². The van der Waals surface area contributed by atoms with Gasteiger partial charge in [-0.2, -0.15) is 0 Å². The molecule has 0 saturated carbocycles. The van der Waals surface area contributed by atoms with Crippen LogP contribution in [0, 0.1) is 6.92 Å². The quantitative estimate of drug-likeness (QED) is 0.866. The molecule has 0 aromatic heterocycles. The highest BCUT2D eigenvalue weighted by molar-refractivity contribution is 5.37. The van der Waals surface area contributed by atoms with E-state index in [1.54, 1.807) is 0 Å². The van der Waals surface area contributed by atoms with Gasteiger partial charge < -0.3 is 10.4 Å². The number of nitrogens with one attached hydrogen (secondary N) is 1. The van der Waals surface area contributed by atoms with E-state index < -0.39 is 0 Å². The summed E-state index contributed by atoms with van der Waals surface area (Å²) in [5.74, 6) is 0.424. The maximum Gasteiger partial charge on any atom is 0.120 e. The van der Waals surface area contributed by atoms with Crippen molar-refractivity contribution in [3.63, 3.8) is 0 Å². The topological polar surface area (TPSA) is 35.5 Å². The molecule has 0 amide bonds. The van der Waals surface area contributed by atoms with Crippen molar-refractivity contribution in [2.24, 2.45) is 0 Å². The van der Waals surface area contributed by atoms with E-state index in [-0.39, 0.29) is 6.04 Å². The van der Waals surface area contributed by atoms with E-state index in [1.165, 1.54) is 18.4 Å². The number of nitrogens with zero attached hydrogens (tertiary/aromatic N) is 1. The number of benzene rings is 1. The van der Waals surface area contributed by atoms with Gasteiger partial charge in [0, 0.05) is 24.2 Å². The van der Waals surface area contributed by atoms with Gasteiger partial charge in [-0.05, 0) is 52.3 Å². The molecule has 3 heteroatoms. The molecule has 0 radical (unpaired) electrons. The summed E-state index contributed by atoms with van der Waals surface area (Å²) >= 11 is 0. The van der Waals surface area contributed by atoms with E-state index in [9.17, 15) is 5.11 Å². The normalized spacial score (nSPS) is 21.1. The maximum atomic E-state index is 10.2. The number of rotatable bonds is 5. The van der Waals surface area contributed by atoms with Crippen LogP contribution in [0.1, 0.15) is 50.3 Å². The molecule has 3 nitrogen and oxygen atoms in total. The van der Waals surface area contributed by atoms with Gasteiger partial charge in [-0.3, -0.25) is 4.90 Å². The van der Waals surface area contributed by atoms with Crippen molar-refractivity contribution in [2.75, 3.05) is 19.6 Å².